The zero-order chi connectivity index (χ0) is 8.13. The van der Waals surface area contributed by atoms with Crippen LogP contribution in [0.3, 0.4) is 0 Å². The summed E-state index contributed by atoms with van der Waals surface area (Å²) < 4.78 is 5.57. The molecule has 12 heavy (non-hydrogen) atoms. The number of allylic oxidation sites excluding steroid dienone is 1. The van der Waals surface area contributed by atoms with E-state index in [1.54, 1.807) is 0 Å². The van der Waals surface area contributed by atoms with Crippen LogP contribution in [0.25, 0.3) is 0 Å². The summed E-state index contributed by atoms with van der Waals surface area (Å²) >= 11 is 0. The Kier molecular flexibility index (Phi) is 1.25. The molecule has 3 aliphatic rings. The van der Waals surface area contributed by atoms with Gasteiger partial charge in [0.25, 0.3) is 0 Å². The fraction of sp³-hybridized carbons (Fsp3) is 0.700. The van der Waals surface area contributed by atoms with Crippen LogP contribution in [0.5, 0.6) is 0 Å². The molecule has 1 aliphatic heterocycles. The van der Waals surface area contributed by atoms with Crippen molar-refractivity contribution >= 4 is 5.78 Å². The summed E-state index contributed by atoms with van der Waals surface area (Å²) in [6.07, 6.45) is 5.34. The molecule has 64 valence electrons. The summed E-state index contributed by atoms with van der Waals surface area (Å²) in [5.41, 5.74) is 1.40. The van der Waals surface area contributed by atoms with Crippen LogP contribution in [-0.4, -0.2) is 18.5 Å². The van der Waals surface area contributed by atoms with Gasteiger partial charge in [-0.25, -0.2) is 0 Å². The van der Waals surface area contributed by atoms with Crippen molar-refractivity contribution in [3.8, 4) is 0 Å². The number of hydrogen-bond acceptors (Lipinski definition) is 2. The molecule has 2 fully saturated rings. The lowest BCUT2D eigenvalue weighted by Crippen LogP contribution is -2.20. The SMILES string of the molecule is O=C1C[C@@H]2OCC3=CCCC1C32. The summed E-state index contributed by atoms with van der Waals surface area (Å²) in [5, 5.41) is 0. The quantitative estimate of drug-likeness (QED) is 0.504. The Labute approximate surface area is 71.6 Å². The normalized spacial score (nSPS) is 44.5. The van der Waals surface area contributed by atoms with E-state index < -0.39 is 0 Å². The molecule has 0 aromatic heterocycles. The number of rotatable bonds is 0. The molecule has 3 rings (SSSR count). The van der Waals surface area contributed by atoms with Gasteiger partial charge in [0.15, 0.2) is 0 Å². The molecular weight excluding hydrogens is 152 g/mol. The van der Waals surface area contributed by atoms with Crippen molar-refractivity contribution in [3.63, 3.8) is 0 Å². The van der Waals surface area contributed by atoms with Gasteiger partial charge in [0.05, 0.1) is 12.7 Å². The third kappa shape index (κ3) is 0.712. The average molecular weight is 164 g/mol. The van der Waals surface area contributed by atoms with E-state index in [4.69, 9.17) is 4.74 Å². The van der Waals surface area contributed by atoms with Gasteiger partial charge >= 0.3 is 0 Å². The summed E-state index contributed by atoms with van der Waals surface area (Å²) in [6.45, 7) is 0.791. The molecule has 2 nitrogen and oxygen atoms in total. The first kappa shape index (κ1) is 6.84. The van der Waals surface area contributed by atoms with Gasteiger partial charge in [0.1, 0.15) is 5.78 Å². The number of hydrogen-bond donors (Lipinski definition) is 0. The molecule has 1 saturated carbocycles. The Morgan fingerprint density at radius 2 is 2.42 bits per heavy atom. The lowest BCUT2D eigenvalue weighted by atomic mass is 9.81. The van der Waals surface area contributed by atoms with E-state index in [-0.39, 0.29) is 6.10 Å². The van der Waals surface area contributed by atoms with Crippen molar-refractivity contribution < 1.29 is 9.53 Å². The molecule has 2 aliphatic carbocycles. The Hall–Kier alpha value is -0.630. The molecule has 1 heterocycles. The monoisotopic (exact) mass is 164 g/mol. The molecule has 2 heteroatoms. The lowest BCUT2D eigenvalue weighted by Gasteiger charge is -2.21. The van der Waals surface area contributed by atoms with E-state index in [0.29, 0.717) is 24.0 Å². The molecule has 0 amide bonds. The van der Waals surface area contributed by atoms with Gasteiger partial charge in [-0.1, -0.05) is 6.08 Å². The van der Waals surface area contributed by atoms with Crippen LogP contribution >= 0.6 is 0 Å². The van der Waals surface area contributed by atoms with Gasteiger partial charge in [-0.15, -0.1) is 0 Å². The molecule has 0 spiro atoms. The van der Waals surface area contributed by atoms with E-state index in [1.165, 1.54) is 5.57 Å². The van der Waals surface area contributed by atoms with Crippen LogP contribution in [0.2, 0.25) is 0 Å². The number of carbonyl (C=O) groups is 1. The van der Waals surface area contributed by atoms with Crippen LogP contribution < -0.4 is 0 Å². The summed E-state index contributed by atoms with van der Waals surface area (Å²) in [7, 11) is 0. The molecular formula is C10H12O2. The number of Topliss-reactive ketones (excluding diaryl/α,β-unsaturated/α-hetero) is 1. The van der Waals surface area contributed by atoms with Crippen molar-refractivity contribution in [2.75, 3.05) is 6.61 Å². The molecule has 2 unspecified atom stereocenters. The van der Waals surface area contributed by atoms with Crippen LogP contribution in [0.15, 0.2) is 11.6 Å². The Morgan fingerprint density at radius 1 is 1.50 bits per heavy atom. The maximum Gasteiger partial charge on any atom is 0.139 e. The third-order valence-corrected chi connectivity index (χ3v) is 3.43. The van der Waals surface area contributed by atoms with E-state index in [0.717, 1.165) is 19.4 Å². The first-order valence-corrected chi connectivity index (χ1v) is 4.69. The molecule has 1 saturated heterocycles. The topological polar surface area (TPSA) is 26.3 Å². The fourth-order valence-electron chi connectivity index (χ4n) is 2.88. The zero-order valence-corrected chi connectivity index (χ0v) is 6.95. The second-order valence-electron chi connectivity index (χ2n) is 4.01. The van der Waals surface area contributed by atoms with Crippen molar-refractivity contribution in [1.82, 2.24) is 0 Å². The van der Waals surface area contributed by atoms with E-state index in [9.17, 15) is 4.79 Å². The Morgan fingerprint density at radius 3 is 3.33 bits per heavy atom. The smallest absolute Gasteiger partial charge is 0.139 e. The highest BCUT2D eigenvalue weighted by atomic mass is 16.5. The molecule has 0 aromatic rings. The summed E-state index contributed by atoms with van der Waals surface area (Å²) in [6, 6.07) is 0. The summed E-state index contributed by atoms with van der Waals surface area (Å²) in [4.78, 5) is 11.5. The van der Waals surface area contributed by atoms with Crippen LogP contribution in [0.4, 0.5) is 0 Å². The number of carbonyl (C=O) groups excluding carboxylic acids is 1. The van der Waals surface area contributed by atoms with Gasteiger partial charge in [-0.05, 0) is 18.4 Å². The number of ether oxygens (including phenoxy) is 1. The highest BCUT2D eigenvalue weighted by molar-refractivity contribution is 5.85. The van der Waals surface area contributed by atoms with Crippen LogP contribution in [0.1, 0.15) is 19.3 Å². The predicted molar refractivity (Wildman–Crippen MR) is 43.7 cm³/mol. The molecule has 0 N–H and O–H groups in total. The first-order chi connectivity index (χ1) is 5.86. The molecule has 0 radical (unpaired) electrons. The molecule has 0 bridgehead atoms. The van der Waals surface area contributed by atoms with Gasteiger partial charge in [-0.3, -0.25) is 4.79 Å². The fourth-order valence-corrected chi connectivity index (χ4v) is 2.88. The van der Waals surface area contributed by atoms with Crippen LogP contribution in [-0.2, 0) is 9.53 Å². The van der Waals surface area contributed by atoms with Crippen molar-refractivity contribution in [1.29, 1.82) is 0 Å². The van der Waals surface area contributed by atoms with Gasteiger partial charge in [0, 0.05) is 18.3 Å². The highest BCUT2D eigenvalue weighted by Gasteiger charge is 2.49. The minimum atomic E-state index is 0.244. The zero-order valence-electron chi connectivity index (χ0n) is 6.95. The molecule has 0 aromatic carbocycles. The number of ketones is 1. The Bertz CT molecular complexity index is 267. The predicted octanol–water partition coefficient (Wildman–Crippen LogP) is 1.31. The standard InChI is InChI=1S/C10H12O2/c11-8-4-9-10-6(5-12-9)2-1-3-7(8)10/h2,7,9-10H,1,3-5H2/t7?,9-,10?/m0/s1. The van der Waals surface area contributed by atoms with E-state index >= 15 is 0 Å². The maximum atomic E-state index is 11.5. The van der Waals surface area contributed by atoms with Crippen molar-refractivity contribution in [2.24, 2.45) is 11.8 Å². The van der Waals surface area contributed by atoms with Crippen molar-refractivity contribution in [3.05, 3.63) is 11.6 Å². The largest absolute Gasteiger partial charge is 0.373 e. The van der Waals surface area contributed by atoms with Gasteiger partial charge in [0.2, 0.25) is 0 Å². The average Bonchev–Trinajstić information content (AvgIpc) is 2.61. The van der Waals surface area contributed by atoms with Crippen LogP contribution in [0, 0.1) is 11.8 Å². The first-order valence-electron chi connectivity index (χ1n) is 4.69. The highest BCUT2D eigenvalue weighted by Crippen LogP contribution is 2.46. The molecule has 3 atom stereocenters. The Balaban J connectivity index is 2.04. The third-order valence-electron chi connectivity index (χ3n) is 3.43. The van der Waals surface area contributed by atoms with E-state index in [1.807, 2.05) is 0 Å². The second kappa shape index (κ2) is 2.19. The minimum Gasteiger partial charge on any atom is -0.373 e. The van der Waals surface area contributed by atoms with Crippen molar-refractivity contribution in [2.45, 2.75) is 25.4 Å². The summed E-state index contributed by atoms with van der Waals surface area (Å²) in [5.74, 6) is 1.24. The van der Waals surface area contributed by atoms with Gasteiger partial charge in [-0.2, -0.15) is 0 Å². The maximum absolute atomic E-state index is 11.5. The second-order valence-corrected chi connectivity index (χ2v) is 4.01. The lowest BCUT2D eigenvalue weighted by molar-refractivity contribution is -0.121. The van der Waals surface area contributed by atoms with E-state index in [2.05, 4.69) is 6.08 Å². The minimum absolute atomic E-state index is 0.244. The van der Waals surface area contributed by atoms with Gasteiger partial charge < -0.3 is 4.74 Å².